The molecule has 12 aromatic carbocycles. The molecule has 2 heteroatoms. The first-order valence-electron chi connectivity index (χ1n) is 24.2. The van der Waals surface area contributed by atoms with Crippen molar-refractivity contribution in [1.82, 2.24) is 0 Å². The first-order chi connectivity index (χ1) is 33.6. The maximum atomic E-state index is 2.67. The average molecular weight is 855 g/mol. The van der Waals surface area contributed by atoms with Gasteiger partial charge in [0, 0.05) is 0 Å². The molecule has 16 rings (SSSR count). The predicted octanol–water partition coefficient (Wildman–Crippen LogP) is 12.8. The maximum absolute atomic E-state index is 2.67. The molecule has 0 saturated carbocycles. The van der Waals surface area contributed by atoms with Crippen LogP contribution in [0.5, 0.6) is 0 Å². The van der Waals surface area contributed by atoms with Crippen molar-refractivity contribution in [2.45, 2.75) is 13.8 Å². The van der Waals surface area contributed by atoms with E-state index in [1.807, 2.05) is 0 Å². The molecule has 0 nitrogen and oxygen atoms in total. The van der Waals surface area contributed by atoms with Crippen molar-refractivity contribution in [3.63, 3.8) is 0 Å². The number of fused-ring (bicyclic) bond motifs is 10. The highest BCUT2D eigenvalue weighted by molar-refractivity contribution is 7.03. The van der Waals surface area contributed by atoms with Gasteiger partial charge in [0.2, 0.25) is 13.4 Å². The SMILES string of the molecule is Cc1cc2c3c(c1)-c1cc(-c4ccccc4-c4ccccc4)c4cc5c6c(cc(-c7ccccc7-c7ccccc7)c7cc(c1c4c76)B3c1ccccc1-2)-c1cc(C)cc2c1B5c1ccccc1-2. The first kappa shape index (κ1) is 37.0. The molecule has 0 fully saturated rings. The van der Waals surface area contributed by atoms with Gasteiger partial charge >= 0.3 is 0 Å². The summed E-state index contributed by atoms with van der Waals surface area (Å²) in [7, 11) is 0. The topological polar surface area (TPSA) is 0 Å². The molecule has 4 aliphatic heterocycles. The van der Waals surface area contributed by atoms with E-state index in [4.69, 9.17) is 0 Å². The van der Waals surface area contributed by atoms with E-state index in [-0.39, 0.29) is 13.4 Å². The van der Waals surface area contributed by atoms with E-state index in [0.717, 1.165) is 0 Å². The highest BCUT2D eigenvalue weighted by Gasteiger charge is 2.45. The zero-order valence-corrected chi connectivity index (χ0v) is 37.8. The van der Waals surface area contributed by atoms with Gasteiger partial charge in [-0.2, -0.15) is 0 Å². The summed E-state index contributed by atoms with van der Waals surface area (Å²) in [6.07, 6.45) is 0. The van der Waals surface area contributed by atoms with Gasteiger partial charge in [-0.3, -0.25) is 0 Å². The fourth-order valence-electron chi connectivity index (χ4n) is 13.8. The normalized spacial score (nSPS) is 13.1. The molecular formula is C66H40B2. The van der Waals surface area contributed by atoms with Crippen molar-refractivity contribution < 1.29 is 0 Å². The molecule has 4 heterocycles. The smallest absolute Gasteiger partial charge is 0.0664 e. The summed E-state index contributed by atoms with van der Waals surface area (Å²) in [5.41, 5.74) is 32.2. The molecule has 0 aliphatic carbocycles. The van der Waals surface area contributed by atoms with Crippen LogP contribution in [0, 0.1) is 13.8 Å². The highest BCUT2D eigenvalue weighted by Crippen LogP contribution is 2.52. The third-order valence-corrected chi connectivity index (χ3v) is 16.3. The molecule has 0 aromatic heterocycles. The lowest BCUT2D eigenvalue weighted by molar-refractivity contribution is 1.48. The molecule has 12 aromatic rings. The molecule has 68 heavy (non-hydrogen) atoms. The molecule has 0 bridgehead atoms. The number of aryl methyl sites for hydroxylation is 2. The van der Waals surface area contributed by atoms with Crippen LogP contribution in [-0.2, 0) is 0 Å². The molecule has 0 unspecified atom stereocenters. The summed E-state index contributed by atoms with van der Waals surface area (Å²) >= 11 is 0. The predicted molar refractivity (Wildman–Crippen MR) is 292 cm³/mol. The van der Waals surface area contributed by atoms with Gasteiger partial charge in [0.25, 0.3) is 0 Å². The lowest BCUT2D eigenvalue weighted by Crippen LogP contribution is -2.53. The minimum atomic E-state index is 0.121. The van der Waals surface area contributed by atoms with Crippen LogP contribution in [0.1, 0.15) is 11.1 Å². The summed E-state index contributed by atoms with van der Waals surface area (Å²) in [4.78, 5) is 0. The Bertz CT molecular complexity index is 3940. The van der Waals surface area contributed by atoms with Crippen LogP contribution in [0.4, 0.5) is 0 Å². The van der Waals surface area contributed by atoms with Crippen LogP contribution in [0.15, 0.2) is 206 Å². The van der Waals surface area contributed by atoms with Gasteiger partial charge < -0.3 is 0 Å². The van der Waals surface area contributed by atoms with Gasteiger partial charge in [0.15, 0.2) is 0 Å². The number of rotatable bonds is 4. The van der Waals surface area contributed by atoms with Crippen LogP contribution in [-0.4, -0.2) is 13.4 Å². The van der Waals surface area contributed by atoms with Gasteiger partial charge in [0.05, 0.1) is 0 Å². The monoisotopic (exact) mass is 854 g/mol. The van der Waals surface area contributed by atoms with Crippen molar-refractivity contribution in [1.29, 1.82) is 0 Å². The van der Waals surface area contributed by atoms with E-state index in [1.54, 1.807) is 0 Å². The molecule has 0 N–H and O–H groups in total. The van der Waals surface area contributed by atoms with E-state index < -0.39 is 0 Å². The molecule has 4 aliphatic rings. The molecule has 0 radical (unpaired) electrons. The number of hydrogen-bond acceptors (Lipinski definition) is 0. The van der Waals surface area contributed by atoms with Crippen LogP contribution in [0.3, 0.4) is 0 Å². The lowest BCUT2D eigenvalue weighted by atomic mass is 9.34. The summed E-state index contributed by atoms with van der Waals surface area (Å²) < 4.78 is 0. The van der Waals surface area contributed by atoms with E-state index in [1.165, 1.54) is 165 Å². The van der Waals surface area contributed by atoms with Gasteiger partial charge in [-0.1, -0.05) is 227 Å². The van der Waals surface area contributed by atoms with Crippen LogP contribution < -0.4 is 32.8 Å². The Labute approximate surface area is 396 Å². The fourth-order valence-corrected chi connectivity index (χ4v) is 13.8. The number of hydrogen-bond donors (Lipinski definition) is 0. The zero-order chi connectivity index (χ0) is 44.5. The van der Waals surface area contributed by atoms with Gasteiger partial charge in [-0.25, -0.2) is 0 Å². The van der Waals surface area contributed by atoms with Crippen molar-refractivity contribution in [3.05, 3.63) is 217 Å². The maximum Gasteiger partial charge on any atom is 0.244 e. The Morgan fingerprint density at radius 3 is 0.985 bits per heavy atom. The summed E-state index contributed by atoms with van der Waals surface area (Å²) in [5, 5.41) is 8.29. The van der Waals surface area contributed by atoms with E-state index in [9.17, 15) is 0 Å². The Balaban J connectivity index is 1.17. The van der Waals surface area contributed by atoms with Crippen molar-refractivity contribution in [3.8, 4) is 89.0 Å². The minimum Gasteiger partial charge on any atom is -0.0664 e. The summed E-state index contributed by atoms with van der Waals surface area (Å²) in [6.45, 7) is 4.82. The highest BCUT2D eigenvalue weighted by atomic mass is 14.4. The second-order valence-corrected chi connectivity index (χ2v) is 19.9. The van der Waals surface area contributed by atoms with Gasteiger partial charge in [0.1, 0.15) is 0 Å². The largest absolute Gasteiger partial charge is 0.244 e. The molecule has 310 valence electrons. The van der Waals surface area contributed by atoms with Crippen molar-refractivity contribution in [2.24, 2.45) is 0 Å². The van der Waals surface area contributed by atoms with Crippen molar-refractivity contribution >= 4 is 78.5 Å². The quantitative estimate of drug-likeness (QED) is 0.122. The van der Waals surface area contributed by atoms with E-state index >= 15 is 0 Å². The minimum absolute atomic E-state index is 0.121. The Morgan fingerprint density at radius 1 is 0.235 bits per heavy atom. The van der Waals surface area contributed by atoms with Crippen LogP contribution in [0.25, 0.3) is 121 Å². The molecular weight excluding hydrogens is 814 g/mol. The lowest BCUT2D eigenvalue weighted by Gasteiger charge is -2.33. The average Bonchev–Trinajstić information content (AvgIpc) is 3.90. The second kappa shape index (κ2) is 13.2. The van der Waals surface area contributed by atoms with E-state index in [2.05, 4.69) is 220 Å². The van der Waals surface area contributed by atoms with Crippen LogP contribution >= 0.6 is 0 Å². The third-order valence-electron chi connectivity index (χ3n) is 16.3. The molecule has 0 spiro atoms. The van der Waals surface area contributed by atoms with E-state index in [0.29, 0.717) is 0 Å². The Kier molecular flexibility index (Phi) is 7.20. The van der Waals surface area contributed by atoms with Gasteiger partial charge in [-0.05, 0) is 158 Å². The fraction of sp³-hybridized carbons (Fsp3) is 0.0303. The third kappa shape index (κ3) is 4.67. The first-order valence-corrected chi connectivity index (χ1v) is 24.2. The molecule has 0 amide bonds. The van der Waals surface area contributed by atoms with Crippen LogP contribution in [0.2, 0.25) is 0 Å². The summed E-state index contributed by atoms with van der Waals surface area (Å²) in [5.74, 6) is 0. The number of benzene rings is 12. The summed E-state index contributed by atoms with van der Waals surface area (Å²) in [6, 6.07) is 79.3. The van der Waals surface area contributed by atoms with Crippen molar-refractivity contribution in [2.75, 3.05) is 0 Å². The standard InChI is InChI=1S/C66H40B2/c1-37-29-53-45-25-13-15-27-57(45)67-59-35-52-48(44-24-12-10-22-42(44)40-19-7-4-8-20-40)34-50-56-32-38(2)30-54-46-26-14-16-28-58(46)68(66(54)56)60-36-51-47(43-23-11-9-21-41(43)39-17-5-3-6-18-39)33-49(55(31-37)65(53)67)61(59)63(51)64(52)62(50)60/h3-36H,1-2H3. The Morgan fingerprint density at radius 2 is 0.574 bits per heavy atom. The Hall–Kier alpha value is -8.19. The zero-order valence-electron chi connectivity index (χ0n) is 37.8. The second-order valence-electron chi connectivity index (χ2n) is 19.9. The molecule has 0 saturated heterocycles. The van der Waals surface area contributed by atoms with Gasteiger partial charge in [-0.15, -0.1) is 0 Å². The molecule has 0 atom stereocenters.